The number of aromatic amines is 1. The number of nitrogens with two attached hydrogens (primary N) is 2. The predicted octanol–water partition coefficient (Wildman–Crippen LogP) is 4.13. The molecule has 8 nitrogen and oxygen atoms in total. The average molecular weight is 670 g/mol. The van der Waals surface area contributed by atoms with Gasteiger partial charge in [-0.2, -0.15) is 0 Å². The summed E-state index contributed by atoms with van der Waals surface area (Å²) < 4.78 is 5.07. The number of aromatic nitrogens is 1. The van der Waals surface area contributed by atoms with Crippen LogP contribution < -0.4 is 16.9 Å². The number of para-hydroxylation sites is 1. The van der Waals surface area contributed by atoms with Crippen LogP contribution in [0.1, 0.15) is 68.1 Å². The van der Waals surface area contributed by atoms with E-state index in [4.69, 9.17) is 21.4 Å². The molecular weight excluding hydrogens is 626 g/mol. The fraction of sp³-hybridized carbons (Fsp3) is 0.556. The Kier molecular flexibility index (Phi) is 12.5. The maximum absolute atomic E-state index is 10.0. The number of nitrogens with zero attached hydrogens (tertiary/aromatic N) is 1. The van der Waals surface area contributed by atoms with Gasteiger partial charge in [-0.15, -0.1) is 0 Å². The molecule has 1 aliphatic carbocycles. The zero-order chi connectivity index (χ0) is 25.3. The minimum absolute atomic E-state index is 0. The van der Waals surface area contributed by atoms with Crippen molar-refractivity contribution in [2.75, 3.05) is 45.6 Å². The first-order valence-corrected chi connectivity index (χ1v) is 12.7. The number of nitrogens with one attached hydrogen (secondary N) is 2. The molecule has 3 heterocycles. The van der Waals surface area contributed by atoms with Crippen LogP contribution in [-0.2, 0) is 25.8 Å². The van der Waals surface area contributed by atoms with Crippen LogP contribution in [0, 0.1) is 5.41 Å². The van der Waals surface area contributed by atoms with Gasteiger partial charge in [-0.25, -0.2) is 5.48 Å². The summed E-state index contributed by atoms with van der Waals surface area (Å²) in [6.07, 6.45) is 12.0. The average Bonchev–Trinajstić information content (AvgIpc) is 3.17. The maximum Gasteiger partial charge on any atom is 0.124 e. The van der Waals surface area contributed by atoms with E-state index in [1.807, 2.05) is 24.4 Å². The molecule has 200 valence electrons. The van der Waals surface area contributed by atoms with E-state index in [0.29, 0.717) is 28.4 Å². The molecule has 2 saturated heterocycles. The minimum Gasteiger partial charge on any atom is -0.507 e. The molecule has 0 unspecified atom stereocenters. The van der Waals surface area contributed by atoms with Crippen molar-refractivity contribution in [1.82, 2.24) is 15.4 Å². The summed E-state index contributed by atoms with van der Waals surface area (Å²) in [5.74, 6) is 1.16. The summed E-state index contributed by atoms with van der Waals surface area (Å²) in [4.78, 5) is 5.68. The molecule has 1 aromatic carbocycles. The number of aromatic hydroxyl groups is 1. The van der Waals surface area contributed by atoms with Crippen LogP contribution >= 0.6 is 0 Å². The van der Waals surface area contributed by atoms with E-state index in [9.17, 15) is 5.11 Å². The van der Waals surface area contributed by atoms with Gasteiger partial charge in [-0.05, 0) is 67.2 Å². The Morgan fingerprint density at radius 2 is 1.83 bits per heavy atom. The van der Waals surface area contributed by atoms with Gasteiger partial charge in [0.2, 0.25) is 0 Å². The molecule has 9 heteroatoms. The Morgan fingerprint density at radius 1 is 1.19 bits per heavy atom. The summed E-state index contributed by atoms with van der Waals surface area (Å²) in [6, 6.07) is 7.09. The second kappa shape index (κ2) is 14.8. The molecule has 36 heavy (non-hydrogen) atoms. The zero-order valence-corrected chi connectivity index (χ0v) is 24.6. The third-order valence-corrected chi connectivity index (χ3v) is 7.17. The number of hydroxylamine groups is 1. The molecule has 0 amide bonds. The molecule has 0 radical (unpaired) electrons. The normalized spacial score (nSPS) is 19.4. The zero-order valence-electron chi connectivity index (χ0n) is 21.6. The molecule has 5 rings (SSSR count). The number of nitrogen functional groups attached to an aromatic ring is 1. The van der Waals surface area contributed by atoms with Crippen molar-refractivity contribution < 1.29 is 36.1 Å². The van der Waals surface area contributed by atoms with Crippen molar-refractivity contribution in [2.45, 2.75) is 51.4 Å². The van der Waals surface area contributed by atoms with Gasteiger partial charge in [-0.3, -0.25) is 0 Å². The molecule has 1 atom stereocenters. The van der Waals surface area contributed by atoms with Crippen LogP contribution in [0.5, 0.6) is 5.75 Å². The molecule has 1 aromatic heterocycles. The Hall–Kier alpha value is -1.83. The van der Waals surface area contributed by atoms with Crippen LogP contribution in [0.2, 0.25) is 0 Å². The number of rotatable bonds is 5. The molecule has 1 saturated carbocycles. The van der Waals surface area contributed by atoms with Crippen molar-refractivity contribution in [2.24, 2.45) is 11.1 Å². The van der Waals surface area contributed by atoms with Gasteiger partial charge in [0.05, 0.1) is 0 Å². The Labute approximate surface area is 229 Å². The fourth-order valence-corrected chi connectivity index (χ4v) is 5.18. The van der Waals surface area contributed by atoms with E-state index in [2.05, 4.69) is 16.8 Å². The first kappa shape index (κ1) is 30.4. The summed E-state index contributed by atoms with van der Waals surface area (Å²) in [6.45, 7) is 7.75. The number of ether oxygens (including phenoxy) is 1. The number of benzene rings is 1. The first-order chi connectivity index (χ1) is 16.9. The van der Waals surface area contributed by atoms with Crippen LogP contribution in [0.4, 0.5) is 5.82 Å². The molecule has 3 fully saturated rings. The number of likely N-dealkylation sites (tertiary alicyclic amines) is 1. The van der Waals surface area contributed by atoms with Crippen molar-refractivity contribution >= 4 is 17.6 Å². The third kappa shape index (κ3) is 8.09. The SMILES string of the molecule is C1CCOCC1.CNO.C[C@H](CN1CC2(CCC2)C1)c1c[nH]c(N)c1/C=C(\N)c1ccccc1O.[W]. The molecule has 2 aromatic rings. The van der Waals surface area contributed by atoms with E-state index in [0.717, 1.165) is 25.3 Å². The minimum atomic E-state index is 0. The van der Waals surface area contributed by atoms with Crippen LogP contribution in [-0.4, -0.2) is 60.1 Å². The van der Waals surface area contributed by atoms with Gasteiger partial charge in [-0.1, -0.05) is 25.5 Å². The van der Waals surface area contributed by atoms with Crippen molar-refractivity contribution in [3.8, 4) is 5.75 Å². The van der Waals surface area contributed by atoms with Gasteiger partial charge in [0.15, 0.2) is 0 Å². The van der Waals surface area contributed by atoms with E-state index >= 15 is 0 Å². The standard InChI is InChI=1S/C21H28N4O.C5H10O.CH5NO.W/c1-14(11-25-12-21(13-25)7-4-8-21)17-10-24-20(23)16(17)9-18(22)15-5-2-3-6-19(15)26;1-2-4-6-5-3-1;1-2-3;/h2-3,5-6,9-10,14,24,26H,4,7-8,11-13,22-23H2,1H3;1-5H2;2-3H,1H3;/b18-9-;;;/t14-;;;/m1.../s1. The van der Waals surface area contributed by atoms with E-state index < -0.39 is 0 Å². The topological polar surface area (TPSA) is 133 Å². The molecule has 0 bridgehead atoms. The molecular formula is C27H43N5O3W. The number of hydrogen-bond acceptors (Lipinski definition) is 7. The van der Waals surface area contributed by atoms with Crippen LogP contribution in [0.25, 0.3) is 11.8 Å². The molecule has 1 spiro atoms. The van der Waals surface area contributed by atoms with Crippen molar-refractivity contribution in [3.63, 3.8) is 0 Å². The fourth-order valence-electron chi connectivity index (χ4n) is 5.18. The summed E-state index contributed by atoms with van der Waals surface area (Å²) in [7, 11) is 1.43. The monoisotopic (exact) mass is 669 g/mol. The third-order valence-electron chi connectivity index (χ3n) is 7.17. The van der Waals surface area contributed by atoms with Crippen LogP contribution in [0.15, 0.2) is 30.5 Å². The number of H-pyrrole nitrogens is 1. The quantitative estimate of drug-likeness (QED) is 0.264. The van der Waals surface area contributed by atoms with E-state index in [1.165, 1.54) is 64.2 Å². The molecule has 2 aliphatic heterocycles. The van der Waals surface area contributed by atoms with Crippen LogP contribution in [0.3, 0.4) is 0 Å². The molecule has 8 N–H and O–H groups in total. The van der Waals surface area contributed by atoms with Gasteiger partial charge < -0.3 is 36.4 Å². The van der Waals surface area contributed by atoms with E-state index in [-0.39, 0.29) is 26.8 Å². The largest absolute Gasteiger partial charge is 0.507 e. The van der Waals surface area contributed by atoms with Gasteiger partial charge in [0.1, 0.15) is 11.6 Å². The Morgan fingerprint density at radius 3 is 2.33 bits per heavy atom. The second-order valence-corrected chi connectivity index (χ2v) is 10.0. The van der Waals surface area contributed by atoms with Gasteiger partial charge in [0, 0.05) is 84.0 Å². The van der Waals surface area contributed by atoms with Gasteiger partial charge in [0.25, 0.3) is 0 Å². The Balaban J connectivity index is 0.000000390. The number of phenols is 1. The number of hydrogen-bond donors (Lipinski definition) is 6. The summed E-state index contributed by atoms with van der Waals surface area (Å²) in [5.41, 5.74) is 18.1. The molecule has 3 aliphatic rings. The van der Waals surface area contributed by atoms with Gasteiger partial charge >= 0.3 is 0 Å². The number of phenolic OH excluding ortho intramolecular Hbond substituents is 1. The van der Waals surface area contributed by atoms with Crippen molar-refractivity contribution in [3.05, 3.63) is 47.2 Å². The van der Waals surface area contributed by atoms with Crippen molar-refractivity contribution in [1.29, 1.82) is 0 Å². The predicted molar refractivity (Wildman–Crippen MR) is 142 cm³/mol. The second-order valence-electron chi connectivity index (χ2n) is 10.0. The number of anilines is 1. The summed E-state index contributed by atoms with van der Waals surface area (Å²) in [5, 5.41) is 17.3. The van der Waals surface area contributed by atoms with E-state index in [1.54, 1.807) is 17.6 Å². The maximum atomic E-state index is 10.0. The first-order valence-electron chi connectivity index (χ1n) is 12.7. The smallest absolute Gasteiger partial charge is 0.124 e. The summed E-state index contributed by atoms with van der Waals surface area (Å²) >= 11 is 0. The Bertz CT molecular complexity index is 937.